The molecule has 0 spiro atoms. The molecule has 2 heterocycles. The third-order valence-corrected chi connectivity index (χ3v) is 5.81. The van der Waals surface area contributed by atoms with Crippen molar-refractivity contribution < 1.29 is 28.5 Å². The van der Waals surface area contributed by atoms with Gasteiger partial charge in [0.2, 0.25) is 0 Å². The van der Waals surface area contributed by atoms with E-state index >= 15 is 0 Å². The van der Waals surface area contributed by atoms with Gasteiger partial charge in [0.1, 0.15) is 12.2 Å². The van der Waals surface area contributed by atoms with E-state index in [-0.39, 0.29) is 24.0 Å². The van der Waals surface area contributed by atoms with Crippen molar-refractivity contribution in [1.29, 1.82) is 0 Å². The van der Waals surface area contributed by atoms with Crippen LogP contribution in [-0.2, 0) is 18.9 Å². The number of carbonyl (C=O) groups excluding carboxylic acids is 2. The number of hydrogen-bond donors (Lipinski definition) is 2. The zero-order valence-corrected chi connectivity index (χ0v) is 19.6. The molecule has 2 aromatic rings. The Kier molecular flexibility index (Phi) is 9.27. The molecule has 34 heavy (non-hydrogen) atoms. The Hall–Kier alpha value is -2.52. The van der Waals surface area contributed by atoms with Crippen LogP contribution in [-0.4, -0.2) is 76.8 Å². The van der Waals surface area contributed by atoms with Gasteiger partial charge in [0.05, 0.1) is 37.6 Å². The number of ether oxygens (including phenoxy) is 4. The highest BCUT2D eigenvalue weighted by Crippen LogP contribution is 2.23. The van der Waals surface area contributed by atoms with Crippen molar-refractivity contribution in [3.05, 3.63) is 47.5 Å². The monoisotopic (exact) mass is 470 g/mol. The predicted octanol–water partition coefficient (Wildman–Crippen LogP) is 2.69. The lowest BCUT2D eigenvalue weighted by Gasteiger charge is -2.14. The van der Waals surface area contributed by atoms with Crippen molar-refractivity contribution in [3.8, 4) is 0 Å². The van der Waals surface area contributed by atoms with E-state index in [2.05, 4.69) is 10.6 Å². The summed E-state index contributed by atoms with van der Waals surface area (Å²) >= 11 is 0. The molecule has 2 aliphatic heterocycles. The van der Waals surface area contributed by atoms with Crippen LogP contribution in [0, 0.1) is 0 Å². The molecule has 2 amide bonds. The second-order valence-corrected chi connectivity index (χ2v) is 8.70. The van der Waals surface area contributed by atoms with Crippen LogP contribution in [0.25, 0.3) is 10.8 Å². The summed E-state index contributed by atoms with van der Waals surface area (Å²) in [5.41, 5.74) is 0.816. The maximum atomic E-state index is 13.1. The first-order valence-corrected chi connectivity index (χ1v) is 12.2. The Labute approximate surface area is 200 Å². The van der Waals surface area contributed by atoms with Gasteiger partial charge in [-0.1, -0.05) is 30.3 Å². The van der Waals surface area contributed by atoms with Gasteiger partial charge in [-0.3, -0.25) is 9.59 Å². The molecule has 0 radical (unpaired) electrons. The van der Waals surface area contributed by atoms with Crippen LogP contribution >= 0.6 is 0 Å². The van der Waals surface area contributed by atoms with Crippen molar-refractivity contribution >= 4 is 22.6 Å². The molecule has 0 aromatic heterocycles. The summed E-state index contributed by atoms with van der Waals surface area (Å²) in [7, 11) is 0. The molecule has 2 fully saturated rings. The van der Waals surface area contributed by atoms with Crippen molar-refractivity contribution in [2.75, 3.05) is 52.7 Å². The van der Waals surface area contributed by atoms with E-state index in [1.165, 1.54) is 0 Å². The Morgan fingerprint density at radius 2 is 1.38 bits per heavy atom. The van der Waals surface area contributed by atoms with E-state index < -0.39 is 0 Å². The lowest BCUT2D eigenvalue weighted by molar-refractivity contribution is 0.0914. The van der Waals surface area contributed by atoms with Gasteiger partial charge in [-0.2, -0.15) is 0 Å². The Morgan fingerprint density at radius 3 is 2.00 bits per heavy atom. The summed E-state index contributed by atoms with van der Waals surface area (Å²) in [6.07, 6.45) is 3.86. The molecule has 4 rings (SSSR count). The van der Waals surface area contributed by atoms with Crippen molar-refractivity contribution in [1.82, 2.24) is 10.6 Å². The van der Waals surface area contributed by atoms with Gasteiger partial charge in [-0.25, -0.2) is 0 Å². The highest BCUT2D eigenvalue weighted by Gasteiger charge is 2.23. The largest absolute Gasteiger partial charge is 0.379 e. The summed E-state index contributed by atoms with van der Waals surface area (Å²) in [4.78, 5) is 26.1. The number of carbonyl (C=O) groups is 2. The van der Waals surface area contributed by atoms with Gasteiger partial charge >= 0.3 is 0 Å². The van der Waals surface area contributed by atoms with Crippen LogP contribution < -0.4 is 10.6 Å². The molecule has 0 aliphatic carbocycles. The van der Waals surface area contributed by atoms with Gasteiger partial charge < -0.3 is 29.6 Å². The van der Waals surface area contributed by atoms with Gasteiger partial charge in [0, 0.05) is 26.3 Å². The molecule has 2 N–H and O–H groups in total. The van der Waals surface area contributed by atoms with Crippen LogP contribution in [0.2, 0.25) is 0 Å². The minimum absolute atomic E-state index is 0.232. The minimum Gasteiger partial charge on any atom is -0.379 e. The lowest BCUT2D eigenvalue weighted by Crippen LogP contribution is -2.31. The third-order valence-electron chi connectivity index (χ3n) is 5.81. The average Bonchev–Trinajstić information content (AvgIpc) is 3.77. The van der Waals surface area contributed by atoms with Gasteiger partial charge in [0.15, 0.2) is 0 Å². The van der Waals surface area contributed by atoms with E-state index in [1.807, 2.05) is 30.3 Å². The average molecular weight is 471 g/mol. The zero-order chi connectivity index (χ0) is 23.6. The van der Waals surface area contributed by atoms with Crippen LogP contribution in [0.1, 0.15) is 46.4 Å². The number of epoxide rings is 2. The van der Waals surface area contributed by atoms with E-state index in [9.17, 15) is 9.59 Å². The van der Waals surface area contributed by atoms with E-state index in [0.717, 1.165) is 49.7 Å². The van der Waals surface area contributed by atoms with Crippen molar-refractivity contribution in [2.45, 2.75) is 37.9 Å². The van der Waals surface area contributed by atoms with Gasteiger partial charge in [0.25, 0.3) is 11.8 Å². The van der Waals surface area contributed by atoms with E-state index in [4.69, 9.17) is 18.9 Å². The molecule has 2 unspecified atom stereocenters. The quantitative estimate of drug-likeness (QED) is 0.289. The highest BCUT2D eigenvalue weighted by atomic mass is 16.6. The number of hydrogen-bond acceptors (Lipinski definition) is 6. The Morgan fingerprint density at radius 1 is 0.794 bits per heavy atom. The highest BCUT2D eigenvalue weighted by molar-refractivity contribution is 6.15. The zero-order valence-electron chi connectivity index (χ0n) is 19.6. The first kappa shape index (κ1) is 24.6. The van der Waals surface area contributed by atoms with Gasteiger partial charge in [-0.05, 0) is 42.5 Å². The third kappa shape index (κ3) is 7.77. The molecular formula is C26H34N2O6. The molecule has 184 valence electrons. The van der Waals surface area contributed by atoms with E-state index in [0.29, 0.717) is 50.6 Å². The fourth-order valence-electron chi connectivity index (χ4n) is 3.71. The molecule has 2 aliphatic rings. The normalized spacial score (nSPS) is 18.6. The number of amides is 2. The van der Waals surface area contributed by atoms with Gasteiger partial charge in [-0.15, -0.1) is 0 Å². The molecule has 0 saturated carbocycles. The first-order chi connectivity index (χ1) is 16.7. The molecular weight excluding hydrogens is 436 g/mol. The van der Waals surface area contributed by atoms with Crippen LogP contribution in [0.3, 0.4) is 0 Å². The second kappa shape index (κ2) is 12.8. The summed E-state index contributed by atoms with van der Waals surface area (Å²) < 4.78 is 21.3. The number of nitrogens with one attached hydrogen (secondary N) is 2. The summed E-state index contributed by atoms with van der Waals surface area (Å²) in [6.45, 7) is 5.23. The molecule has 2 saturated heterocycles. The number of benzene rings is 2. The molecule has 2 atom stereocenters. The Balaban J connectivity index is 1.26. The number of rotatable bonds is 16. The minimum atomic E-state index is -0.237. The molecule has 8 heteroatoms. The summed E-state index contributed by atoms with van der Waals surface area (Å²) in [5, 5.41) is 7.63. The molecule has 2 aromatic carbocycles. The fraction of sp³-hybridized carbons (Fsp3) is 0.538. The molecule has 0 bridgehead atoms. The van der Waals surface area contributed by atoms with Crippen LogP contribution in [0.5, 0.6) is 0 Å². The van der Waals surface area contributed by atoms with Crippen LogP contribution in [0.15, 0.2) is 36.4 Å². The standard InChI is InChI=1S/C26H34N2O6/c29-25(27-11-3-5-13-31-15-20-17-33-20)23-10-9-19-7-1-2-8-22(19)24(23)26(30)28-12-4-6-14-32-16-21-18-34-21/h1-2,7-10,20-21H,3-6,11-18H2,(H,27,29)(H,28,30). The van der Waals surface area contributed by atoms with Crippen molar-refractivity contribution in [2.24, 2.45) is 0 Å². The number of fused-ring (bicyclic) bond motifs is 1. The lowest BCUT2D eigenvalue weighted by atomic mass is 9.97. The van der Waals surface area contributed by atoms with Crippen molar-refractivity contribution in [3.63, 3.8) is 0 Å². The Bertz CT molecular complexity index is 957. The topological polar surface area (TPSA) is 102 Å². The second-order valence-electron chi connectivity index (χ2n) is 8.70. The summed E-state index contributed by atoms with van der Waals surface area (Å²) in [5.74, 6) is -0.469. The smallest absolute Gasteiger partial charge is 0.252 e. The van der Waals surface area contributed by atoms with E-state index in [1.54, 1.807) is 6.07 Å². The fourth-order valence-corrected chi connectivity index (χ4v) is 3.71. The number of unbranched alkanes of at least 4 members (excludes halogenated alkanes) is 2. The first-order valence-electron chi connectivity index (χ1n) is 12.2. The predicted molar refractivity (Wildman–Crippen MR) is 128 cm³/mol. The van der Waals surface area contributed by atoms with Crippen LogP contribution in [0.4, 0.5) is 0 Å². The maximum absolute atomic E-state index is 13.1. The summed E-state index contributed by atoms with van der Waals surface area (Å²) in [6, 6.07) is 11.3. The SMILES string of the molecule is O=C(NCCCCOCC1CO1)c1ccc2ccccc2c1C(=O)NCCCCOCC1CO1. The maximum Gasteiger partial charge on any atom is 0.252 e. The molecule has 8 nitrogen and oxygen atoms in total.